The Kier molecular flexibility index (Phi) is 6.38. The predicted molar refractivity (Wildman–Crippen MR) is 60.6 cm³/mol. The molecule has 0 aromatic rings. The van der Waals surface area contributed by atoms with Gasteiger partial charge in [-0.3, -0.25) is 0 Å². The molecule has 0 aliphatic rings. The van der Waals surface area contributed by atoms with Crippen LogP contribution in [-0.4, -0.2) is 24.9 Å². The van der Waals surface area contributed by atoms with Gasteiger partial charge in [0, 0.05) is 0 Å². The van der Waals surface area contributed by atoms with Crippen LogP contribution in [0.25, 0.3) is 0 Å². The third-order valence-electron chi connectivity index (χ3n) is 1.82. The summed E-state index contributed by atoms with van der Waals surface area (Å²) in [5.41, 5.74) is -0.0509. The van der Waals surface area contributed by atoms with Crippen molar-refractivity contribution in [1.29, 1.82) is 0 Å². The second-order valence-corrected chi connectivity index (χ2v) is 5.27. The minimum Gasteiger partial charge on any atom is -0.376 e. The van der Waals surface area contributed by atoms with Crippen molar-refractivity contribution in [2.24, 2.45) is 5.92 Å². The molecule has 0 saturated heterocycles. The molecule has 2 nitrogen and oxygen atoms in total. The Hall–Kier alpha value is -0.0800. The van der Waals surface area contributed by atoms with Gasteiger partial charge in [-0.25, -0.2) is 0 Å². The van der Waals surface area contributed by atoms with Crippen molar-refractivity contribution in [3.63, 3.8) is 0 Å². The number of hydrogen-bond donors (Lipinski definition) is 0. The summed E-state index contributed by atoms with van der Waals surface area (Å²) in [6, 6.07) is 0. The molecule has 2 heteroatoms. The average molecular weight is 202 g/mol. The molecular formula is C12H26O2. The van der Waals surface area contributed by atoms with Gasteiger partial charge in [0.25, 0.3) is 0 Å². The minimum atomic E-state index is -0.0509. The average Bonchev–Trinajstić information content (AvgIpc) is 1.95. The maximum absolute atomic E-state index is 5.62. The molecule has 0 fully saturated rings. The van der Waals surface area contributed by atoms with E-state index >= 15 is 0 Å². The SMILES string of the molecule is CC(C)CC(C)OCCOC(C)(C)C. The van der Waals surface area contributed by atoms with Gasteiger partial charge in [-0.2, -0.15) is 0 Å². The van der Waals surface area contributed by atoms with Gasteiger partial charge in [-0.05, 0) is 40.0 Å². The highest BCUT2D eigenvalue weighted by molar-refractivity contribution is 4.58. The number of hydrogen-bond acceptors (Lipinski definition) is 2. The van der Waals surface area contributed by atoms with E-state index in [0.717, 1.165) is 6.42 Å². The molecule has 0 aliphatic carbocycles. The lowest BCUT2D eigenvalue weighted by atomic mass is 10.1. The molecule has 0 amide bonds. The normalized spacial score (nSPS) is 14.8. The van der Waals surface area contributed by atoms with Gasteiger partial charge >= 0.3 is 0 Å². The first-order chi connectivity index (χ1) is 6.31. The van der Waals surface area contributed by atoms with Crippen LogP contribution in [0, 0.1) is 5.92 Å². The fraction of sp³-hybridized carbons (Fsp3) is 1.00. The quantitative estimate of drug-likeness (QED) is 0.616. The van der Waals surface area contributed by atoms with E-state index in [2.05, 4.69) is 41.5 Å². The van der Waals surface area contributed by atoms with Crippen molar-refractivity contribution in [2.45, 2.75) is 59.7 Å². The summed E-state index contributed by atoms with van der Waals surface area (Å²) in [6.07, 6.45) is 1.47. The van der Waals surface area contributed by atoms with Crippen LogP contribution in [0.3, 0.4) is 0 Å². The molecule has 0 N–H and O–H groups in total. The summed E-state index contributed by atoms with van der Waals surface area (Å²) in [5.74, 6) is 0.702. The van der Waals surface area contributed by atoms with E-state index in [-0.39, 0.29) is 5.60 Å². The van der Waals surface area contributed by atoms with Crippen LogP contribution in [0.15, 0.2) is 0 Å². The van der Waals surface area contributed by atoms with E-state index in [9.17, 15) is 0 Å². The Balaban J connectivity index is 3.36. The minimum absolute atomic E-state index is 0.0509. The van der Waals surface area contributed by atoms with Crippen LogP contribution >= 0.6 is 0 Å². The Morgan fingerprint density at radius 2 is 1.57 bits per heavy atom. The number of rotatable bonds is 6. The Bertz CT molecular complexity index is 136. The molecule has 0 radical (unpaired) electrons. The van der Waals surface area contributed by atoms with E-state index in [4.69, 9.17) is 9.47 Å². The van der Waals surface area contributed by atoms with Gasteiger partial charge < -0.3 is 9.47 Å². The molecule has 0 aromatic heterocycles. The van der Waals surface area contributed by atoms with E-state index < -0.39 is 0 Å². The van der Waals surface area contributed by atoms with Crippen molar-refractivity contribution in [2.75, 3.05) is 13.2 Å². The van der Waals surface area contributed by atoms with Crippen LogP contribution in [0.5, 0.6) is 0 Å². The third kappa shape index (κ3) is 10.0. The Morgan fingerprint density at radius 3 is 2.00 bits per heavy atom. The summed E-state index contributed by atoms with van der Waals surface area (Å²) >= 11 is 0. The zero-order valence-corrected chi connectivity index (χ0v) is 10.6. The summed E-state index contributed by atoms with van der Waals surface area (Å²) in [7, 11) is 0. The van der Waals surface area contributed by atoms with Crippen molar-refractivity contribution in [3.05, 3.63) is 0 Å². The smallest absolute Gasteiger partial charge is 0.0707 e. The zero-order chi connectivity index (χ0) is 11.2. The molecule has 0 heterocycles. The molecule has 86 valence electrons. The van der Waals surface area contributed by atoms with Gasteiger partial charge in [0.2, 0.25) is 0 Å². The van der Waals surface area contributed by atoms with E-state index in [1.165, 1.54) is 0 Å². The molecule has 0 saturated carbocycles. The summed E-state index contributed by atoms with van der Waals surface area (Å²) in [5, 5.41) is 0. The molecule has 0 bridgehead atoms. The van der Waals surface area contributed by atoms with Crippen LogP contribution in [0.4, 0.5) is 0 Å². The van der Waals surface area contributed by atoms with Crippen LogP contribution in [0.1, 0.15) is 48.0 Å². The van der Waals surface area contributed by atoms with Crippen molar-refractivity contribution < 1.29 is 9.47 Å². The fourth-order valence-electron chi connectivity index (χ4n) is 1.33. The van der Waals surface area contributed by atoms with Gasteiger partial charge in [-0.15, -0.1) is 0 Å². The lowest BCUT2D eigenvalue weighted by Crippen LogP contribution is -2.23. The van der Waals surface area contributed by atoms with Crippen molar-refractivity contribution in [3.8, 4) is 0 Å². The molecule has 0 spiro atoms. The van der Waals surface area contributed by atoms with Crippen molar-refractivity contribution >= 4 is 0 Å². The van der Waals surface area contributed by atoms with E-state index in [1.54, 1.807) is 0 Å². The van der Waals surface area contributed by atoms with Gasteiger partial charge in [0.05, 0.1) is 24.9 Å². The standard InChI is InChI=1S/C12H26O2/c1-10(2)9-11(3)13-7-8-14-12(4,5)6/h10-11H,7-9H2,1-6H3. The molecule has 1 atom stereocenters. The van der Waals surface area contributed by atoms with Crippen LogP contribution in [0.2, 0.25) is 0 Å². The summed E-state index contributed by atoms with van der Waals surface area (Å²) < 4.78 is 11.2. The first-order valence-corrected chi connectivity index (χ1v) is 5.57. The Labute approximate surface area is 89.0 Å². The van der Waals surface area contributed by atoms with Gasteiger partial charge in [-0.1, -0.05) is 13.8 Å². The zero-order valence-electron chi connectivity index (χ0n) is 10.6. The first kappa shape index (κ1) is 13.9. The van der Waals surface area contributed by atoms with E-state index in [0.29, 0.717) is 25.2 Å². The highest BCUT2D eigenvalue weighted by atomic mass is 16.5. The topological polar surface area (TPSA) is 18.5 Å². The van der Waals surface area contributed by atoms with Crippen LogP contribution < -0.4 is 0 Å². The second kappa shape index (κ2) is 6.41. The monoisotopic (exact) mass is 202 g/mol. The fourth-order valence-corrected chi connectivity index (χ4v) is 1.33. The number of ether oxygens (including phenoxy) is 2. The third-order valence-corrected chi connectivity index (χ3v) is 1.82. The molecule has 0 aromatic carbocycles. The van der Waals surface area contributed by atoms with E-state index in [1.807, 2.05) is 0 Å². The highest BCUT2D eigenvalue weighted by Gasteiger charge is 2.10. The molecule has 1 unspecified atom stereocenters. The lowest BCUT2D eigenvalue weighted by molar-refractivity contribution is -0.0512. The highest BCUT2D eigenvalue weighted by Crippen LogP contribution is 2.09. The first-order valence-electron chi connectivity index (χ1n) is 5.57. The predicted octanol–water partition coefficient (Wildman–Crippen LogP) is 3.25. The summed E-state index contributed by atoms with van der Waals surface area (Å²) in [4.78, 5) is 0. The molecule has 0 aliphatic heterocycles. The lowest BCUT2D eigenvalue weighted by Gasteiger charge is -2.21. The van der Waals surface area contributed by atoms with Crippen molar-refractivity contribution in [1.82, 2.24) is 0 Å². The molecule has 14 heavy (non-hydrogen) atoms. The van der Waals surface area contributed by atoms with Gasteiger partial charge in [0.1, 0.15) is 0 Å². The maximum Gasteiger partial charge on any atom is 0.0707 e. The molecular weight excluding hydrogens is 176 g/mol. The Morgan fingerprint density at radius 1 is 1.00 bits per heavy atom. The summed E-state index contributed by atoms with van der Waals surface area (Å²) in [6.45, 7) is 14.1. The second-order valence-electron chi connectivity index (χ2n) is 5.27. The van der Waals surface area contributed by atoms with Gasteiger partial charge in [0.15, 0.2) is 0 Å². The molecule has 0 rings (SSSR count). The maximum atomic E-state index is 5.62. The largest absolute Gasteiger partial charge is 0.376 e. The van der Waals surface area contributed by atoms with Crippen LogP contribution in [-0.2, 0) is 9.47 Å².